The molecule has 9 nitrogen and oxygen atoms in total. The quantitative estimate of drug-likeness (QED) is 0.216. The predicted molar refractivity (Wildman–Crippen MR) is 126 cm³/mol. The van der Waals surface area contributed by atoms with E-state index in [4.69, 9.17) is 15.7 Å². The largest absolute Gasteiger partial charge is 0.478 e. The van der Waals surface area contributed by atoms with Crippen LogP contribution in [0.4, 0.5) is 5.69 Å². The summed E-state index contributed by atoms with van der Waals surface area (Å²) in [6.07, 6.45) is 0.715. The molecule has 0 saturated heterocycles. The first kappa shape index (κ1) is 25.2. The molecule has 0 aliphatic heterocycles. The molecule has 0 bridgehead atoms. The predicted octanol–water partition coefficient (Wildman–Crippen LogP) is 3.40. The third-order valence-electron chi connectivity index (χ3n) is 4.40. The summed E-state index contributed by atoms with van der Waals surface area (Å²) in [5.41, 5.74) is 8.94. The number of nitrogens with two attached hydrogens (primary N) is 1. The van der Waals surface area contributed by atoms with Crippen molar-refractivity contribution in [1.29, 1.82) is 5.41 Å². The number of anilines is 1. The standard InChI is InChI=1S/C22H19N3O3.CH4O3S/c1-13-5-4-8-18(19(13)16-6-2-3-7-17(16)22(27)28)21(26)25-15-11-9-14(10-12-15)20(23)24;1-5(2,3)4/h2-12H,1H3,(H3,23,24)(H,25,26)(H,27,28);1H3,(H,2,3,4). The maximum Gasteiger partial charge on any atom is 0.336 e. The number of aryl methyl sites for hydroxylation is 1. The average Bonchev–Trinajstić information content (AvgIpc) is 2.72. The lowest BCUT2D eigenvalue weighted by atomic mass is 9.91. The van der Waals surface area contributed by atoms with Gasteiger partial charge in [-0.2, -0.15) is 8.42 Å². The highest BCUT2D eigenvalue weighted by Gasteiger charge is 2.19. The van der Waals surface area contributed by atoms with Crippen LogP contribution in [0.15, 0.2) is 66.7 Å². The lowest BCUT2D eigenvalue weighted by Crippen LogP contribution is -2.15. The normalized spacial score (nSPS) is 10.5. The number of nitrogens with one attached hydrogen (secondary N) is 2. The third kappa shape index (κ3) is 7.27. The van der Waals surface area contributed by atoms with Crippen molar-refractivity contribution < 1.29 is 27.7 Å². The minimum absolute atomic E-state index is 0.0517. The minimum Gasteiger partial charge on any atom is -0.478 e. The molecule has 172 valence electrons. The van der Waals surface area contributed by atoms with E-state index in [0.717, 1.165) is 5.56 Å². The molecule has 0 fully saturated rings. The highest BCUT2D eigenvalue weighted by Crippen LogP contribution is 2.31. The summed E-state index contributed by atoms with van der Waals surface area (Å²) in [6.45, 7) is 1.84. The number of hydrogen-bond donors (Lipinski definition) is 5. The van der Waals surface area contributed by atoms with E-state index in [9.17, 15) is 23.1 Å². The maximum absolute atomic E-state index is 12.9. The van der Waals surface area contributed by atoms with Crippen LogP contribution in [0.3, 0.4) is 0 Å². The number of carbonyl (C=O) groups is 2. The van der Waals surface area contributed by atoms with Crippen LogP contribution in [-0.2, 0) is 10.1 Å². The topological polar surface area (TPSA) is 171 Å². The van der Waals surface area contributed by atoms with Gasteiger partial charge < -0.3 is 16.2 Å². The average molecular weight is 470 g/mol. The molecule has 3 rings (SSSR count). The minimum atomic E-state index is -3.67. The molecule has 0 aliphatic carbocycles. The van der Waals surface area contributed by atoms with Crippen molar-refractivity contribution >= 4 is 33.5 Å². The number of rotatable bonds is 5. The molecule has 0 aromatic heterocycles. The van der Waals surface area contributed by atoms with Gasteiger partial charge in [0.1, 0.15) is 5.84 Å². The molecular formula is C23H23N3O6S. The van der Waals surface area contributed by atoms with E-state index in [1.165, 1.54) is 6.07 Å². The van der Waals surface area contributed by atoms with Crippen LogP contribution in [0.5, 0.6) is 0 Å². The Morgan fingerprint density at radius 3 is 2.03 bits per heavy atom. The first-order valence-electron chi connectivity index (χ1n) is 9.49. The second kappa shape index (κ2) is 10.5. The Morgan fingerprint density at radius 1 is 0.939 bits per heavy atom. The molecule has 0 radical (unpaired) electrons. The van der Waals surface area contributed by atoms with Crippen molar-refractivity contribution in [3.63, 3.8) is 0 Å². The second-order valence-electron chi connectivity index (χ2n) is 7.03. The zero-order chi connectivity index (χ0) is 24.8. The molecule has 0 unspecified atom stereocenters. The number of amidine groups is 1. The van der Waals surface area contributed by atoms with E-state index in [-0.39, 0.29) is 17.3 Å². The highest BCUT2D eigenvalue weighted by atomic mass is 32.2. The number of aromatic carboxylic acids is 1. The molecule has 3 aromatic carbocycles. The molecule has 33 heavy (non-hydrogen) atoms. The van der Waals surface area contributed by atoms with E-state index in [1.807, 2.05) is 13.0 Å². The zero-order valence-corrected chi connectivity index (χ0v) is 18.7. The van der Waals surface area contributed by atoms with E-state index >= 15 is 0 Å². The van der Waals surface area contributed by atoms with Gasteiger partial charge >= 0.3 is 5.97 Å². The van der Waals surface area contributed by atoms with E-state index in [2.05, 4.69) is 5.32 Å². The van der Waals surface area contributed by atoms with Crippen molar-refractivity contribution in [1.82, 2.24) is 0 Å². The van der Waals surface area contributed by atoms with Gasteiger partial charge in [-0.1, -0.05) is 30.3 Å². The third-order valence-corrected chi connectivity index (χ3v) is 4.40. The lowest BCUT2D eigenvalue weighted by Gasteiger charge is -2.15. The molecule has 0 aliphatic rings. The van der Waals surface area contributed by atoms with E-state index in [0.29, 0.717) is 34.2 Å². The number of hydrogen-bond acceptors (Lipinski definition) is 5. The van der Waals surface area contributed by atoms with Crippen molar-refractivity contribution in [2.75, 3.05) is 11.6 Å². The number of benzene rings is 3. The molecular weight excluding hydrogens is 446 g/mol. The van der Waals surface area contributed by atoms with Crippen molar-refractivity contribution in [3.05, 3.63) is 89.0 Å². The van der Waals surface area contributed by atoms with Gasteiger partial charge in [0.05, 0.1) is 11.8 Å². The fourth-order valence-corrected chi connectivity index (χ4v) is 3.03. The molecule has 10 heteroatoms. The van der Waals surface area contributed by atoms with Gasteiger partial charge in [0.2, 0.25) is 0 Å². The van der Waals surface area contributed by atoms with Crippen LogP contribution in [0.25, 0.3) is 11.1 Å². The molecule has 1 amide bonds. The van der Waals surface area contributed by atoms with Crippen LogP contribution in [0, 0.1) is 12.3 Å². The number of amides is 1. The van der Waals surface area contributed by atoms with Gasteiger partial charge in [0.25, 0.3) is 16.0 Å². The van der Waals surface area contributed by atoms with Gasteiger partial charge in [0, 0.05) is 16.8 Å². The smallest absolute Gasteiger partial charge is 0.336 e. The summed E-state index contributed by atoms with van der Waals surface area (Å²) in [6, 6.07) is 18.5. The van der Waals surface area contributed by atoms with E-state index < -0.39 is 16.1 Å². The van der Waals surface area contributed by atoms with Crippen LogP contribution in [-0.4, -0.2) is 42.0 Å². The Kier molecular flexibility index (Phi) is 8.05. The summed E-state index contributed by atoms with van der Waals surface area (Å²) in [5, 5.41) is 19.8. The Labute approximate surface area is 191 Å². The van der Waals surface area contributed by atoms with Crippen molar-refractivity contribution in [2.24, 2.45) is 5.73 Å². The molecule has 6 N–H and O–H groups in total. The molecule has 0 saturated carbocycles. The Bertz CT molecular complexity index is 1290. The number of carboxylic acids is 1. The number of carbonyl (C=O) groups excluding carboxylic acids is 1. The van der Waals surface area contributed by atoms with Gasteiger partial charge in [0.15, 0.2) is 0 Å². The number of carboxylic acid groups (broad SMARTS) is 1. The molecule has 0 atom stereocenters. The SMILES string of the molecule is CS(=O)(=O)O.Cc1cccc(C(=O)Nc2ccc(C(=N)N)cc2)c1-c1ccccc1C(=O)O. The van der Waals surface area contributed by atoms with Gasteiger partial charge in [-0.3, -0.25) is 14.8 Å². The van der Waals surface area contributed by atoms with Crippen molar-refractivity contribution in [3.8, 4) is 11.1 Å². The van der Waals surface area contributed by atoms with Gasteiger partial charge in [-0.05, 0) is 60.0 Å². The maximum atomic E-state index is 12.9. The van der Waals surface area contributed by atoms with Crippen LogP contribution < -0.4 is 11.1 Å². The molecule has 0 heterocycles. The summed E-state index contributed by atoms with van der Waals surface area (Å²) >= 11 is 0. The fourth-order valence-electron chi connectivity index (χ4n) is 3.03. The lowest BCUT2D eigenvalue weighted by molar-refractivity contribution is 0.0697. The summed E-state index contributed by atoms with van der Waals surface area (Å²) in [4.78, 5) is 24.6. The Balaban J connectivity index is 0.000000696. The Hall–Kier alpha value is -4.02. The van der Waals surface area contributed by atoms with Crippen LogP contribution >= 0.6 is 0 Å². The van der Waals surface area contributed by atoms with E-state index in [1.54, 1.807) is 54.6 Å². The summed E-state index contributed by atoms with van der Waals surface area (Å²) in [7, 11) is -3.67. The fraction of sp³-hybridized carbons (Fsp3) is 0.0870. The van der Waals surface area contributed by atoms with Crippen LogP contribution in [0.1, 0.15) is 31.8 Å². The summed E-state index contributed by atoms with van der Waals surface area (Å²) < 4.78 is 25.9. The molecule has 3 aromatic rings. The first-order chi connectivity index (χ1) is 15.4. The molecule has 0 spiro atoms. The highest BCUT2D eigenvalue weighted by molar-refractivity contribution is 7.85. The second-order valence-corrected chi connectivity index (χ2v) is 8.49. The number of nitrogen functional groups attached to an aromatic ring is 1. The zero-order valence-electron chi connectivity index (χ0n) is 17.9. The van der Waals surface area contributed by atoms with Crippen molar-refractivity contribution in [2.45, 2.75) is 6.92 Å². The van der Waals surface area contributed by atoms with Gasteiger partial charge in [-0.15, -0.1) is 0 Å². The van der Waals surface area contributed by atoms with Gasteiger partial charge in [-0.25, -0.2) is 4.79 Å². The Morgan fingerprint density at radius 2 is 1.48 bits per heavy atom. The van der Waals surface area contributed by atoms with Crippen LogP contribution in [0.2, 0.25) is 0 Å². The summed E-state index contributed by atoms with van der Waals surface area (Å²) in [5.74, 6) is -1.45. The first-order valence-corrected chi connectivity index (χ1v) is 11.3. The monoisotopic (exact) mass is 469 g/mol.